The number of nitrogens with zero attached hydrogens (tertiary/aromatic N) is 1. The molecule has 0 bridgehead atoms. The van der Waals surface area contributed by atoms with Crippen LogP contribution in [0.25, 0.3) is 0 Å². The lowest BCUT2D eigenvalue weighted by molar-refractivity contribution is -0.131. The number of carbonyl (C=O) groups excluding carboxylic acids is 1. The van der Waals surface area contributed by atoms with Crippen molar-refractivity contribution >= 4 is 28.2 Å². The first kappa shape index (κ1) is 20.7. The summed E-state index contributed by atoms with van der Waals surface area (Å²) in [6.07, 6.45) is 3.23. The summed E-state index contributed by atoms with van der Waals surface area (Å²) in [5.41, 5.74) is 5.87. The molecule has 1 unspecified atom stereocenters. The first-order valence-corrected chi connectivity index (χ1v) is 9.24. The maximum absolute atomic E-state index is 12.1. The largest absolute Gasteiger partial charge is 0.341 e. The molecule has 5 nitrogen and oxygen atoms in total. The van der Waals surface area contributed by atoms with Crippen molar-refractivity contribution in [2.75, 3.05) is 24.6 Å². The van der Waals surface area contributed by atoms with Gasteiger partial charge in [0.1, 0.15) is 5.75 Å². The molecule has 0 aromatic rings. The quantitative estimate of drug-likeness (QED) is 0.745. The van der Waals surface area contributed by atoms with E-state index in [0.717, 1.165) is 19.3 Å². The molecule has 1 aliphatic rings. The Morgan fingerprint density at radius 2 is 1.95 bits per heavy atom. The lowest BCUT2D eigenvalue weighted by Crippen LogP contribution is -2.54. The summed E-state index contributed by atoms with van der Waals surface area (Å²) in [6, 6.07) is 0.0627. The minimum atomic E-state index is -3.28. The Morgan fingerprint density at radius 1 is 1.33 bits per heavy atom. The van der Waals surface area contributed by atoms with Gasteiger partial charge < -0.3 is 10.6 Å². The van der Waals surface area contributed by atoms with E-state index < -0.39 is 9.84 Å². The third-order valence-corrected chi connectivity index (χ3v) is 5.66. The van der Waals surface area contributed by atoms with Crippen molar-refractivity contribution < 1.29 is 13.2 Å². The second kappa shape index (κ2) is 8.34. The maximum Gasteiger partial charge on any atom is 0.237 e. The van der Waals surface area contributed by atoms with Crippen LogP contribution in [0.15, 0.2) is 0 Å². The van der Waals surface area contributed by atoms with Gasteiger partial charge in [0.15, 0.2) is 9.84 Å². The molecule has 1 rings (SSSR count). The zero-order valence-corrected chi connectivity index (χ0v) is 14.9. The molecule has 0 aliphatic carbocycles. The van der Waals surface area contributed by atoms with Crippen molar-refractivity contribution in [3.05, 3.63) is 0 Å². The van der Waals surface area contributed by atoms with E-state index in [-0.39, 0.29) is 41.3 Å². The fraction of sp³-hybridized carbons (Fsp3) is 0.929. The average molecular weight is 341 g/mol. The van der Waals surface area contributed by atoms with Gasteiger partial charge in [-0.1, -0.05) is 33.6 Å². The minimum absolute atomic E-state index is 0. The Balaban J connectivity index is 0.00000400. The van der Waals surface area contributed by atoms with Crippen molar-refractivity contribution in [3.63, 3.8) is 0 Å². The summed E-state index contributed by atoms with van der Waals surface area (Å²) >= 11 is 0. The monoisotopic (exact) mass is 340 g/mol. The van der Waals surface area contributed by atoms with E-state index in [1.165, 1.54) is 0 Å². The Kier molecular flexibility index (Phi) is 8.21. The number of halogens is 1. The molecule has 0 spiro atoms. The van der Waals surface area contributed by atoms with Gasteiger partial charge >= 0.3 is 0 Å². The number of likely N-dealkylation sites (tertiary alicyclic amines) is 1. The lowest BCUT2D eigenvalue weighted by Gasteiger charge is -2.42. The summed E-state index contributed by atoms with van der Waals surface area (Å²) in [6.45, 7) is 7.17. The second-order valence-corrected chi connectivity index (χ2v) is 8.68. The Hall–Kier alpha value is -0.330. The molecule has 1 fully saturated rings. The number of nitrogens with two attached hydrogens (primary N) is 1. The van der Waals surface area contributed by atoms with Crippen LogP contribution in [-0.2, 0) is 14.6 Å². The molecule has 1 amide bonds. The molecule has 1 aliphatic heterocycles. The number of amides is 1. The predicted octanol–water partition coefficient (Wildman–Crippen LogP) is 1.60. The van der Waals surface area contributed by atoms with Gasteiger partial charge in [0.2, 0.25) is 5.91 Å². The van der Waals surface area contributed by atoms with E-state index in [1.807, 2.05) is 20.8 Å². The molecular weight excluding hydrogens is 312 g/mol. The Bertz CT molecular complexity index is 438. The van der Waals surface area contributed by atoms with Gasteiger partial charge in [-0.2, -0.15) is 0 Å². The molecule has 1 heterocycles. The molecule has 0 aromatic carbocycles. The van der Waals surface area contributed by atoms with Gasteiger partial charge in [-0.05, 0) is 18.3 Å². The molecule has 126 valence electrons. The number of hydrogen-bond acceptors (Lipinski definition) is 4. The number of sulfone groups is 1. The van der Waals surface area contributed by atoms with Crippen LogP contribution in [0.3, 0.4) is 0 Å². The fourth-order valence-corrected chi connectivity index (χ4v) is 3.86. The van der Waals surface area contributed by atoms with Gasteiger partial charge in [-0.3, -0.25) is 4.79 Å². The third-order valence-electron chi connectivity index (χ3n) is 4.07. The molecular formula is C14H29ClN2O3S. The average Bonchev–Trinajstić information content (AvgIpc) is 2.32. The molecule has 21 heavy (non-hydrogen) atoms. The van der Waals surface area contributed by atoms with Crippen molar-refractivity contribution in [1.29, 1.82) is 0 Å². The van der Waals surface area contributed by atoms with E-state index in [2.05, 4.69) is 0 Å². The van der Waals surface area contributed by atoms with E-state index in [9.17, 15) is 13.2 Å². The number of piperidine rings is 1. The predicted molar refractivity (Wildman–Crippen MR) is 88.4 cm³/mol. The van der Waals surface area contributed by atoms with Crippen molar-refractivity contribution in [2.24, 2.45) is 11.1 Å². The smallest absolute Gasteiger partial charge is 0.237 e. The molecule has 0 aromatic heterocycles. The number of unbranched alkanes of at least 4 members (excludes halogenated alkanes) is 2. The topological polar surface area (TPSA) is 80.5 Å². The number of carbonyl (C=O) groups is 1. The first-order valence-electron chi connectivity index (χ1n) is 7.42. The van der Waals surface area contributed by atoms with Gasteiger partial charge in [-0.25, -0.2) is 8.42 Å². The van der Waals surface area contributed by atoms with Gasteiger partial charge in [0, 0.05) is 19.1 Å². The molecule has 2 N–H and O–H groups in total. The molecule has 7 heteroatoms. The maximum atomic E-state index is 12.1. The van der Waals surface area contributed by atoms with Crippen LogP contribution in [0.2, 0.25) is 0 Å². The molecule has 0 saturated carbocycles. The van der Waals surface area contributed by atoms with Crippen molar-refractivity contribution in [2.45, 2.75) is 52.5 Å². The van der Waals surface area contributed by atoms with E-state index >= 15 is 0 Å². The van der Waals surface area contributed by atoms with Crippen LogP contribution in [0.1, 0.15) is 46.5 Å². The van der Waals surface area contributed by atoms with Crippen LogP contribution in [0, 0.1) is 5.41 Å². The van der Waals surface area contributed by atoms with Gasteiger partial charge in [-0.15, -0.1) is 12.4 Å². The van der Waals surface area contributed by atoms with Gasteiger partial charge in [0.05, 0.1) is 5.75 Å². The minimum Gasteiger partial charge on any atom is -0.341 e. The van der Waals surface area contributed by atoms with E-state index in [4.69, 9.17) is 5.73 Å². The highest BCUT2D eigenvalue weighted by Crippen LogP contribution is 2.27. The Morgan fingerprint density at radius 3 is 2.48 bits per heavy atom. The fourth-order valence-electron chi connectivity index (χ4n) is 2.51. The molecule has 0 radical (unpaired) electrons. The third kappa shape index (κ3) is 6.53. The zero-order valence-electron chi connectivity index (χ0n) is 13.3. The number of rotatable bonds is 6. The van der Waals surface area contributed by atoms with Crippen LogP contribution in [0.5, 0.6) is 0 Å². The molecule has 1 saturated heterocycles. The standard InChI is InChI=1S/C14H28N2O3S.ClH/c1-4-5-6-9-20(18,19)10-13(17)16-8-7-12(15)14(2,3)11-16;/h12H,4-11,15H2,1-3H3;1H. The highest BCUT2D eigenvalue weighted by molar-refractivity contribution is 7.92. The van der Waals surface area contributed by atoms with Crippen LogP contribution in [-0.4, -0.2) is 49.9 Å². The highest BCUT2D eigenvalue weighted by atomic mass is 35.5. The Labute approximate surface area is 135 Å². The van der Waals surface area contributed by atoms with Crippen molar-refractivity contribution in [1.82, 2.24) is 4.90 Å². The highest BCUT2D eigenvalue weighted by Gasteiger charge is 2.36. The second-order valence-electron chi connectivity index (χ2n) is 6.50. The SMILES string of the molecule is CCCCCS(=O)(=O)CC(=O)N1CCC(N)C(C)(C)C1.Cl. The summed E-state index contributed by atoms with van der Waals surface area (Å²) in [5.74, 6) is -0.521. The lowest BCUT2D eigenvalue weighted by atomic mass is 9.80. The van der Waals surface area contributed by atoms with E-state index in [0.29, 0.717) is 19.5 Å². The van der Waals surface area contributed by atoms with E-state index in [1.54, 1.807) is 4.90 Å². The summed E-state index contributed by atoms with van der Waals surface area (Å²) in [5, 5.41) is 0. The van der Waals surface area contributed by atoms with Crippen LogP contribution < -0.4 is 5.73 Å². The summed E-state index contributed by atoms with van der Waals surface area (Å²) < 4.78 is 23.8. The first-order chi connectivity index (χ1) is 9.18. The summed E-state index contributed by atoms with van der Waals surface area (Å²) in [7, 11) is -3.28. The van der Waals surface area contributed by atoms with Gasteiger partial charge in [0.25, 0.3) is 0 Å². The van der Waals surface area contributed by atoms with Crippen LogP contribution in [0.4, 0.5) is 0 Å². The van der Waals surface area contributed by atoms with Crippen LogP contribution >= 0.6 is 12.4 Å². The normalized spacial score (nSPS) is 21.7. The molecule has 1 atom stereocenters. The van der Waals surface area contributed by atoms with Crippen molar-refractivity contribution in [3.8, 4) is 0 Å². The number of hydrogen-bond donors (Lipinski definition) is 1. The zero-order chi connectivity index (χ0) is 15.4. The summed E-state index contributed by atoms with van der Waals surface area (Å²) in [4.78, 5) is 13.8.